The number of para-hydroxylation sites is 1. The van der Waals surface area contributed by atoms with Gasteiger partial charge in [0.2, 0.25) is 0 Å². The Morgan fingerprint density at radius 2 is 1.71 bits per heavy atom. The highest BCUT2D eigenvalue weighted by Gasteiger charge is 2.39. The van der Waals surface area contributed by atoms with Crippen molar-refractivity contribution in [1.82, 2.24) is 5.32 Å². The first-order valence-corrected chi connectivity index (χ1v) is 11.3. The van der Waals surface area contributed by atoms with Gasteiger partial charge in [-0.1, -0.05) is 30.3 Å². The first kappa shape index (κ1) is 23.3. The Balaban J connectivity index is 1.56. The third-order valence-electron chi connectivity index (χ3n) is 5.80. The molecule has 2 aliphatic rings. The van der Waals surface area contributed by atoms with Crippen LogP contribution in [0.1, 0.15) is 44.6 Å². The van der Waals surface area contributed by atoms with Gasteiger partial charge >= 0.3 is 11.9 Å². The van der Waals surface area contributed by atoms with Crippen molar-refractivity contribution in [2.45, 2.75) is 39.0 Å². The van der Waals surface area contributed by atoms with Crippen molar-refractivity contribution in [2.75, 3.05) is 13.2 Å². The van der Waals surface area contributed by atoms with E-state index in [-0.39, 0.29) is 19.0 Å². The Morgan fingerprint density at radius 3 is 2.41 bits per heavy atom. The maximum absolute atomic E-state index is 13.2. The second-order valence-corrected chi connectivity index (χ2v) is 8.23. The highest BCUT2D eigenvalue weighted by Crippen LogP contribution is 2.42. The first-order chi connectivity index (χ1) is 16.4. The van der Waals surface area contributed by atoms with E-state index in [4.69, 9.17) is 14.2 Å². The molecule has 0 fully saturated rings. The van der Waals surface area contributed by atoms with E-state index < -0.39 is 17.9 Å². The predicted octanol–water partition coefficient (Wildman–Crippen LogP) is 4.20. The monoisotopic (exact) mass is 461 g/mol. The van der Waals surface area contributed by atoms with E-state index in [1.165, 1.54) is 6.92 Å². The zero-order chi connectivity index (χ0) is 24.1. The number of allylic oxidation sites excluding steroid dienone is 3. The van der Waals surface area contributed by atoms with E-state index in [0.717, 1.165) is 24.1 Å². The van der Waals surface area contributed by atoms with Crippen LogP contribution in [0.25, 0.3) is 0 Å². The maximum Gasteiger partial charge on any atom is 0.336 e. The van der Waals surface area contributed by atoms with Crippen LogP contribution in [0.15, 0.2) is 77.1 Å². The minimum absolute atomic E-state index is 0.0213. The lowest BCUT2D eigenvalue weighted by Gasteiger charge is -2.34. The van der Waals surface area contributed by atoms with Gasteiger partial charge in [-0.3, -0.25) is 9.59 Å². The number of benzene rings is 2. The molecule has 0 aromatic heterocycles. The minimum Gasteiger partial charge on any atom is -0.490 e. The molecule has 0 amide bonds. The third kappa shape index (κ3) is 5.20. The quantitative estimate of drug-likeness (QED) is 0.375. The van der Waals surface area contributed by atoms with E-state index >= 15 is 0 Å². The smallest absolute Gasteiger partial charge is 0.336 e. The molecule has 0 saturated carbocycles. The van der Waals surface area contributed by atoms with Crippen molar-refractivity contribution in [3.8, 4) is 11.5 Å². The summed E-state index contributed by atoms with van der Waals surface area (Å²) in [5, 5.41) is 3.27. The zero-order valence-corrected chi connectivity index (χ0v) is 19.3. The fourth-order valence-corrected chi connectivity index (χ4v) is 4.37. The molecular formula is C27H27NO6. The number of ether oxygens (including phenoxy) is 3. The van der Waals surface area contributed by atoms with E-state index in [9.17, 15) is 14.4 Å². The van der Waals surface area contributed by atoms with Crippen LogP contribution in [0.4, 0.5) is 0 Å². The number of carbonyl (C=O) groups excluding carboxylic acids is 3. The van der Waals surface area contributed by atoms with Crippen molar-refractivity contribution in [1.29, 1.82) is 0 Å². The number of esters is 2. The first-order valence-electron chi connectivity index (χ1n) is 11.3. The van der Waals surface area contributed by atoms with Crippen LogP contribution in [-0.2, 0) is 19.1 Å². The van der Waals surface area contributed by atoms with Gasteiger partial charge in [-0.05, 0) is 49.6 Å². The average Bonchev–Trinajstić information content (AvgIpc) is 2.82. The van der Waals surface area contributed by atoms with E-state index in [1.54, 1.807) is 24.3 Å². The molecule has 7 heteroatoms. The number of nitrogens with one attached hydrogen (secondary N) is 1. The maximum atomic E-state index is 13.2. The summed E-state index contributed by atoms with van der Waals surface area (Å²) in [7, 11) is 0. The van der Waals surface area contributed by atoms with Crippen molar-refractivity contribution in [3.63, 3.8) is 0 Å². The van der Waals surface area contributed by atoms with Gasteiger partial charge in [0.05, 0.1) is 5.57 Å². The molecule has 176 valence electrons. The Morgan fingerprint density at radius 1 is 0.971 bits per heavy atom. The Hall–Kier alpha value is -3.87. The van der Waals surface area contributed by atoms with Crippen LogP contribution in [0, 0.1) is 0 Å². The normalized spacial score (nSPS) is 17.6. The lowest BCUT2D eigenvalue weighted by atomic mass is 9.75. The second kappa shape index (κ2) is 10.4. The largest absolute Gasteiger partial charge is 0.490 e. The number of rotatable bonds is 7. The van der Waals surface area contributed by atoms with Crippen LogP contribution in [0.5, 0.6) is 11.5 Å². The van der Waals surface area contributed by atoms with Crippen molar-refractivity contribution in [2.24, 2.45) is 0 Å². The van der Waals surface area contributed by atoms with Crippen molar-refractivity contribution >= 4 is 17.7 Å². The lowest BCUT2D eigenvalue weighted by Crippen LogP contribution is -2.34. The molecule has 1 heterocycles. The SMILES string of the molecule is CC(=O)Oc1ccc(C2C(C(=O)OCCOc3ccccc3)=C(C)NC3=C2C(=O)CCC3)cc1. The van der Waals surface area contributed by atoms with Crippen molar-refractivity contribution < 1.29 is 28.6 Å². The minimum atomic E-state index is -0.557. The summed E-state index contributed by atoms with van der Waals surface area (Å²) in [4.78, 5) is 37.4. The summed E-state index contributed by atoms with van der Waals surface area (Å²) >= 11 is 0. The molecule has 1 unspecified atom stereocenters. The molecule has 1 aliphatic heterocycles. The van der Waals surface area contributed by atoms with Gasteiger partial charge in [-0.2, -0.15) is 0 Å². The average molecular weight is 462 g/mol. The lowest BCUT2D eigenvalue weighted by molar-refractivity contribution is -0.140. The van der Waals surface area contributed by atoms with E-state index in [1.807, 2.05) is 37.3 Å². The summed E-state index contributed by atoms with van der Waals surface area (Å²) < 4.78 is 16.3. The molecule has 0 bridgehead atoms. The molecule has 4 rings (SSSR count). The number of carbonyl (C=O) groups is 3. The molecule has 1 N–H and O–H groups in total. The topological polar surface area (TPSA) is 90.9 Å². The molecule has 0 radical (unpaired) electrons. The van der Waals surface area contributed by atoms with Crippen LogP contribution in [0.3, 0.4) is 0 Å². The molecule has 7 nitrogen and oxygen atoms in total. The Labute approximate surface area is 198 Å². The number of hydrogen-bond acceptors (Lipinski definition) is 7. The molecule has 2 aromatic carbocycles. The molecule has 1 atom stereocenters. The van der Waals surface area contributed by atoms with Crippen LogP contribution in [-0.4, -0.2) is 30.9 Å². The highest BCUT2D eigenvalue weighted by atomic mass is 16.6. The summed E-state index contributed by atoms with van der Waals surface area (Å²) in [6.07, 6.45) is 1.95. The van der Waals surface area contributed by atoms with Crippen molar-refractivity contribution in [3.05, 3.63) is 82.7 Å². The molecule has 0 spiro atoms. The van der Waals surface area contributed by atoms with Gasteiger partial charge < -0.3 is 19.5 Å². The van der Waals surface area contributed by atoms with Gasteiger partial charge in [0.15, 0.2) is 5.78 Å². The van der Waals surface area contributed by atoms with Crippen LogP contribution in [0.2, 0.25) is 0 Å². The standard InChI is InChI=1S/C27H27NO6/c1-17-24(27(31)33-16-15-32-20-7-4-3-5-8-20)25(26-22(28-17)9-6-10-23(26)30)19-11-13-21(14-12-19)34-18(2)29/h3-5,7-8,11-14,25,28H,6,9-10,15-16H2,1-2H3. The number of dihydropyridines is 1. The zero-order valence-electron chi connectivity index (χ0n) is 19.3. The molecule has 1 aliphatic carbocycles. The van der Waals surface area contributed by atoms with Gasteiger partial charge in [0, 0.05) is 36.2 Å². The molecular weight excluding hydrogens is 434 g/mol. The number of ketones is 1. The highest BCUT2D eigenvalue weighted by molar-refractivity contribution is 6.03. The van der Waals surface area contributed by atoms with Gasteiger partial charge in [0.1, 0.15) is 24.7 Å². The summed E-state index contributed by atoms with van der Waals surface area (Å²) in [5.41, 5.74) is 3.27. The summed E-state index contributed by atoms with van der Waals surface area (Å²) in [6, 6.07) is 16.2. The van der Waals surface area contributed by atoms with Gasteiger partial charge in [-0.25, -0.2) is 4.79 Å². The summed E-state index contributed by atoms with van der Waals surface area (Å²) in [5.74, 6) is -0.356. The molecule has 0 saturated heterocycles. The fraction of sp³-hybridized carbons (Fsp3) is 0.296. The fourth-order valence-electron chi connectivity index (χ4n) is 4.37. The molecule has 2 aromatic rings. The third-order valence-corrected chi connectivity index (χ3v) is 5.80. The predicted molar refractivity (Wildman–Crippen MR) is 125 cm³/mol. The Kier molecular flexibility index (Phi) is 7.11. The van der Waals surface area contributed by atoms with Crippen LogP contribution >= 0.6 is 0 Å². The second-order valence-electron chi connectivity index (χ2n) is 8.23. The number of hydrogen-bond donors (Lipinski definition) is 1. The van der Waals surface area contributed by atoms with Gasteiger partial charge in [0.25, 0.3) is 0 Å². The van der Waals surface area contributed by atoms with E-state index in [2.05, 4.69) is 5.32 Å². The Bertz CT molecular complexity index is 1150. The van der Waals surface area contributed by atoms with E-state index in [0.29, 0.717) is 34.8 Å². The summed E-state index contributed by atoms with van der Waals surface area (Å²) in [6.45, 7) is 3.44. The number of Topliss-reactive ketones (excluding diaryl/α,β-unsaturated/α-hetero) is 1. The molecule has 34 heavy (non-hydrogen) atoms. The van der Waals surface area contributed by atoms with Crippen LogP contribution < -0.4 is 14.8 Å². The van der Waals surface area contributed by atoms with Gasteiger partial charge in [-0.15, -0.1) is 0 Å².